The van der Waals surface area contributed by atoms with Crippen LogP contribution in [0, 0.1) is 17.1 Å². The Morgan fingerprint density at radius 1 is 1.35 bits per heavy atom. The summed E-state index contributed by atoms with van der Waals surface area (Å²) >= 11 is 0. The van der Waals surface area contributed by atoms with Crippen molar-refractivity contribution in [1.82, 2.24) is 10.2 Å². The number of hydrogen-bond acceptors (Lipinski definition) is 3. The number of halogens is 1. The van der Waals surface area contributed by atoms with Crippen molar-refractivity contribution in [3.05, 3.63) is 35.6 Å². The van der Waals surface area contributed by atoms with Gasteiger partial charge in [-0.25, -0.2) is 9.18 Å². The first kappa shape index (κ1) is 14.0. The molecule has 1 unspecified atom stereocenters. The van der Waals surface area contributed by atoms with E-state index in [0.717, 1.165) is 4.90 Å². The lowest BCUT2D eigenvalue weighted by Gasteiger charge is -2.25. The quantitative estimate of drug-likeness (QED) is 0.853. The molecule has 104 valence electrons. The summed E-state index contributed by atoms with van der Waals surface area (Å²) in [4.78, 5) is 25.5. The Morgan fingerprint density at radius 2 is 2.00 bits per heavy atom. The Balaban J connectivity index is 2.37. The molecule has 1 heterocycles. The first-order valence-electron chi connectivity index (χ1n) is 6.32. The van der Waals surface area contributed by atoms with Crippen molar-refractivity contribution < 1.29 is 14.0 Å². The van der Waals surface area contributed by atoms with Crippen molar-refractivity contribution in [2.24, 2.45) is 0 Å². The monoisotopic (exact) mass is 275 g/mol. The molecule has 0 bridgehead atoms. The third-order valence-corrected chi connectivity index (χ3v) is 3.49. The molecule has 1 saturated heterocycles. The first-order valence-corrected chi connectivity index (χ1v) is 6.32. The minimum Gasteiger partial charge on any atom is -0.319 e. The van der Waals surface area contributed by atoms with E-state index in [-0.39, 0.29) is 13.0 Å². The molecular formula is C14H14FN3O2. The average molecular weight is 275 g/mol. The average Bonchev–Trinajstić information content (AvgIpc) is 2.69. The lowest BCUT2D eigenvalue weighted by Crippen LogP contribution is -2.43. The lowest BCUT2D eigenvalue weighted by molar-refractivity contribution is -0.131. The number of carbonyl (C=O) groups excluding carboxylic acids is 2. The van der Waals surface area contributed by atoms with Gasteiger partial charge in [-0.3, -0.25) is 9.69 Å². The minimum absolute atomic E-state index is 0.0596. The second-order valence-corrected chi connectivity index (χ2v) is 4.56. The summed E-state index contributed by atoms with van der Waals surface area (Å²) in [5, 5.41) is 11.2. The molecule has 5 nitrogen and oxygen atoms in total. The van der Waals surface area contributed by atoms with Crippen molar-refractivity contribution in [2.75, 3.05) is 6.54 Å². The maximum atomic E-state index is 13.0. The summed E-state index contributed by atoms with van der Waals surface area (Å²) in [6, 6.07) is 6.88. The molecule has 6 heteroatoms. The Labute approximate surface area is 116 Å². The highest BCUT2D eigenvalue weighted by Crippen LogP contribution is 2.32. The predicted octanol–water partition coefficient (Wildman–Crippen LogP) is 1.90. The van der Waals surface area contributed by atoms with Gasteiger partial charge in [0.15, 0.2) is 0 Å². The number of urea groups is 1. The van der Waals surface area contributed by atoms with E-state index in [2.05, 4.69) is 5.32 Å². The fourth-order valence-electron chi connectivity index (χ4n) is 2.36. The van der Waals surface area contributed by atoms with Crippen LogP contribution in [0.1, 0.15) is 25.3 Å². The van der Waals surface area contributed by atoms with E-state index in [1.165, 1.54) is 24.3 Å². The van der Waals surface area contributed by atoms with Gasteiger partial charge in [-0.05, 0) is 24.1 Å². The second-order valence-electron chi connectivity index (χ2n) is 4.56. The van der Waals surface area contributed by atoms with E-state index < -0.39 is 23.3 Å². The Hall–Kier alpha value is -2.42. The van der Waals surface area contributed by atoms with Crippen LogP contribution < -0.4 is 5.32 Å². The molecular weight excluding hydrogens is 261 g/mol. The summed E-state index contributed by atoms with van der Waals surface area (Å²) in [7, 11) is 0. The Kier molecular flexibility index (Phi) is 3.70. The van der Waals surface area contributed by atoms with Gasteiger partial charge in [0, 0.05) is 6.54 Å². The zero-order valence-electron chi connectivity index (χ0n) is 11.0. The molecule has 1 atom stereocenters. The lowest BCUT2D eigenvalue weighted by atomic mass is 9.87. The van der Waals surface area contributed by atoms with Crippen LogP contribution in [0.2, 0.25) is 0 Å². The van der Waals surface area contributed by atoms with Crippen LogP contribution in [0.5, 0.6) is 0 Å². The maximum Gasteiger partial charge on any atom is 0.325 e. The number of carbonyl (C=O) groups is 2. The molecule has 1 fully saturated rings. The van der Waals surface area contributed by atoms with Gasteiger partial charge < -0.3 is 5.32 Å². The molecule has 1 aromatic carbocycles. The zero-order chi connectivity index (χ0) is 14.8. The summed E-state index contributed by atoms with van der Waals surface area (Å²) in [6.07, 6.45) is 0.439. The smallest absolute Gasteiger partial charge is 0.319 e. The molecule has 2 rings (SSSR count). The van der Waals surface area contributed by atoms with Crippen LogP contribution in [0.4, 0.5) is 9.18 Å². The van der Waals surface area contributed by atoms with E-state index >= 15 is 0 Å². The number of rotatable bonds is 4. The largest absolute Gasteiger partial charge is 0.325 e. The normalized spacial score (nSPS) is 21.8. The third-order valence-electron chi connectivity index (χ3n) is 3.49. The molecule has 0 spiro atoms. The number of benzene rings is 1. The highest BCUT2D eigenvalue weighted by molar-refractivity contribution is 6.07. The Bertz CT molecular complexity index is 579. The number of nitrogens with zero attached hydrogens (tertiary/aromatic N) is 2. The number of nitrogens with one attached hydrogen (secondary N) is 1. The van der Waals surface area contributed by atoms with Crippen LogP contribution >= 0.6 is 0 Å². The summed E-state index contributed by atoms with van der Waals surface area (Å²) in [5.74, 6) is -0.801. The van der Waals surface area contributed by atoms with Gasteiger partial charge in [0.05, 0.1) is 12.5 Å². The van der Waals surface area contributed by atoms with Gasteiger partial charge in [0.1, 0.15) is 11.4 Å². The van der Waals surface area contributed by atoms with Crippen LogP contribution in [0.25, 0.3) is 0 Å². The van der Waals surface area contributed by atoms with E-state index in [1.807, 2.05) is 6.07 Å². The fraction of sp³-hybridized carbons (Fsp3) is 0.357. The van der Waals surface area contributed by atoms with Gasteiger partial charge in [-0.15, -0.1) is 0 Å². The first-order chi connectivity index (χ1) is 9.55. The van der Waals surface area contributed by atoms with E-state index in [4.69, 9.17) is 5.26 Å². The topological polar surface area (TPSA) is 73.2 Å². The molecule has 1 N–H and O–H groups in total. The van der Waals surface area contributed by atoms with E-state index in [0.29, 0.717) is 12.0 Å². The Morgan fingerprint density at radius 3 is 2.55 bits per heavy atom. The van der Waals surface area contributed by atoms with Gasteiger partial charge in [-0.1, -0.05) is 19.1 Å². The molecule has 0 aliphatic carbocycles. The summed E-state index contributed by atoms with van der Waals surface area (Å²) in [6.45, 7) is 1.83. The van der Waals surface area contributed by atoms with Gasteiger partial charge >= 0.3 is 6.03 Å². The molecule has 1 aromatic rings. The number of hydrogen-bond donors (Lipinski definition) is 1. The van der Waals surface area contributed by atoms with Crippen molar-refractivity contribution in [3.63, 3.8) is 0 Å². The number of amides is 3. The molecule has 0 saturated carbocycles. The summed E-state index contributed by atoms with van der Waals surface area (Å²) < 4.78 is 13.0. The highest BCUT2D eigenvalue weighted by Gasteiger charge is 2.50. The van der Waals surface area contributed by atoms with Crippen LogP contribution in [-0.2, 0) is 10.3 Å². The predicted molar refractivity (Wildman–Crippen MR) is 68.8 cm³/mol. The minimum atomic E-state index is -1.17. The van der Waals surface area contributed by atoms with Gasteiger partial charge in [-0.2, -0.15) is 5.26 Å². The summed E-state index contributed by atoms with van der Waals surface area (Å²) in [5.41, 5.74) is -0.625. The van der Waals surface area contributed by atoms with Crippen LogP contribution in [-0.4, -0.2) is 23.4 Å². The van der Waals surface area contributed by atoms with E-state index in [1.54, 1.807) is 6.92 Å². The SMILES string of the molecule is CCC1(c2ccc(F)cc2)NC(=O)N(CCC#N)C1=O. The molecule has 3 amide bonds. The second kappa shape index (κ2) is 5.29. The molecule has 20 heavy (non-hydrogen) atoms. The van der Waals surface area contributed by atoms with Crippen molar-refractivity contribution in [2.45, 2.75) is 25.3 Å². The van der Waals surface area contributed by atoms with Gasteiger partial charge in [0.2, 0.25) is 0 Å². The highest BCUT2D eigenvalue weighted by atomic mass is 19.1. The maximum absolute atomic E-state index is 13.0. The molecule has 0 aromatic heterocycles. The molecule has 1 aliphatic heterocycles. The van der Waals surface area contributed by atoms with Crippen LogP contribution in [0.3, 0.4) is 0 Å². The van der Waals surface area contributed by atoms with Crippen molar-refractivity contribution in [3.8, 4) is 6.07 Å². The molecule has 1 aliphatic rings. The van der Waals surface area contributed by atoms with Crippen molar-refractivity contribution in [1.29, 1.82) is 5.26 Å². The van der Waals surface area contributed by atoms with Crippen molar-refractivity contribution >= 4 is 11.9 Å². The number of nitriles is 1. The fourth-order valence-corrected chi connectivity index (χ4v) is 2.36. The number of imide groups is 1. The third kappa shape index (κ3) is 2.11. The van der Waals surface area contributed by atoms with E-state index in [9.17, 15) is 14.0 Å². The standard InChI is InChI=1S/C14H14FN3O2/c1-2-14(10-4-6-11(15)7-5-10)12(19)18(9-3-8-16)13(20)17-14/h4-7H,2-3,9H2,1H3,(H,17,20). The molecule has 0 radical (unpaired) electrons. The van der Waals surface area contributed by atoms with Gasteiger partial charge in [0.25, 0.3) is 5.91 Å². The zero-order valence-corrected chi connectivity index (χ0v) is 11.0. The van der Waals surface area contributed by atoms with Crippen LogP contribution in [0.15, 0.2) is 24.3 Å².